The second-order valence-corrected chi connectivity index (χ2v) is 6.30. The molecular formula is C16H14BrN3O6. The molecule has 0 saturated carbocycles. The number of carbonyl (C=O) groups excluding carboxylic acids is 5. The maximum Gasteiger partial charge on any atom is 0.318 e. The lowest BCUT2D eigenvalue weighted by molar-refractivity contribution is -0.162. The van der Waals surface area contributed by atoms with Gasteiger partial charge in [-0.25, -0.2) is 4.90 Å². The quantitative estimate of drug-likeness (QED) is 0.318. The molecule has 136 valence electrons. The number of imide groups is 2. The molecule has 0 radical (unpaired) electrons. The van der Waals surface area contributed by atoms with E-state index in [1.807, 2.05) is 0 Å². The summed E-state index contributed by atoms with van der Waals surface area (Å²) in [7, 11) is 0. The lowest BCUT2D eigenvalue weighted by Crippen LogP contribution is -2.56. The Morgan fingerprint density at radius 1 is 1.23 bits per heavy atom. The molecule has 26 heavy (non-hydrogen) atoms. The van der Waals surface area contributed by atoms with E-state index in [1.54, 1.807) is 6.07 Å². The Bertz CT molecular complexity index is 839. The Morgan fingerprint density at radius 3 is 2.62 bits per heavy atom. The van der Waals surface area contributed by atoms with Crippen LogP contribution in [0.25, 0.3) is 0 Å². The first kappa shape index (κ1) is 18.1. The minimum Gasteiger partial charge on any atom is -0.443 e. The van der Waals surface area contributed by atoms with E-state index < -0.39 is 42.4 Å². The van der Waals surface area contributed by atoms with Crippen molar-refractivity contribution in [1.29, 1.82) is 0 Å². The number of hydrogen-bond acceptors (Lipinski definition) is 7. The standard InChI is InChI=1S/C16H14BrN3O6/c17-6-12(22)26-7-19-11(21)5-4-10(15(19)24)20-14(23)8-2-1-3-9(18)13(8)16(20)25/h1-3,10H,4-7,18H2. The van der Waals surface area contributed by atoms with Crippen LogP contribution in [0.5, 0.6) is 0 Å². The molecule has 2 N–H and O–H groups in total. The number of piperidine rings is 1. The fourth-order valence-corrected chi connectivity index (χ4v) is 3.15. The van der Waals surface area contributed by atoms with Crippen LogP contribution in [0.3, 0.4) is 0 Å². The number of fused-ring (bicyclic) bond motifs is 1. The van der Waals surface area contributed by atoms with Crippen LogP contribution in [0.1, 0.15) is 33.6 Å². The third kappa shape index (κ3) is 2.85. The average molecular weight is 424 g/mol. The molecule has 0 aromatic heterocycles. The van der Waals surface area contributed by atoms with Crippen molar-refractivity contribution in [2.24, 2.45) is 0 Å². The first-order valence-corrected chi connectivity index (χ1v) is 8.81. The predicted octanol–water partition coefficient (Wildman–Crippen LogP) is 0.278. The van der Waals surface area contributed by atoms with Gasteiger partial charge in [0.2, 0.25) is 5.91 Å². The van der Waals surface area contributed by atoms with Crippen molar-refractivity contribution in [3.8, 4) is 0 Å². The van der Waals surface area contributed by atoms with Gasteiger partial charge in [-0.05, 0) is 18.6 Å². The minimum atomic E-state index is -1.15. The van der Waals surface area contributed by atoms with Crippen molar-refractivity contribution in [1.82, 2.24) is 9.80 Å². The van der Waals surface area contributed by atoms with Gasteiger partial charge in [-0.2, -0.15) is 0 Å². The number of likely N-dealkylation sites (tertiary alicyclic amines) is 1. The monoisotopic (exact) mass is 423 g/mol. The number of ether oxygens (including phenoxy) is 1. The van der Waals surface area contributed by atoms with E-state index >= 15 is 0 Å². The van der Waals surface area contributed by atoms with Crippen molar-refractivity contribution in [3.05, 3.63) is 29.3 Å². The van der Waals surface area contributed by atoms with Gasteiger partial charge in [0.1, 0.15) is 11.4 Å². The van der Waals surface area contributed by atoms with Crippen molar-refractivity contribution >= 4 is 51.2 Å². The van der Waals surface area contributed by atoms with E-state index in [0.717, 1.165) is 9.80 Å². The molecule has 4 amide bonds. The van der Waals surface area contributed by atoms with Gasteiger partial charge < -0.3 is 10.5 Å². The number of amides is 4. The number of carbonyl (C=O) groups is 5. The van der Waals surface area contributed by atoms with Crippen molar-refractivity contribution in [3.63, 3.8) is 0 Å². The first-order valence-electron chi connectivity index (χ1n) is 7.69. The van der Waals surface area contributed by atoms with E-state index in [-0.39, 0.29) is 35.0 Å². The Kier molecular flexibility index (Phi) is 4.77. The van der Waals surface area contributed by atoms with E-state index in [9.17, 15) is 24.0 Å². The zero-order chi connectivity index (χ0) is 19.0. The predicted molar refractivity (Wildman–Crippen MR) is 91.0 cm³/mol. The van der Waals surface area contributed by atoms with Gasteiger partial charge in [0.05, 0.1) is 11.1 Å². The molecule has 1 saturated heterocycles. The van der Waals surface area contributed by atoms with E-state index in [0.29, 0.717) is 0 Å². The van der Waals surface area contributed by atoms with Crippen LogP contribution >= 0.6 is 15.9 Å². The van der Waals surface area contributed by atoms with Crippen molar-refractivity contribution in [2.75, 3.05) is 17.8 Å². The van der Waals surface area contributed by atoms with Gasteiger partial charge in [-0.15, -0.1) is 0 Å². The minimum absolute atomic E-state index is 0.00588. The van der Waals surface area contributed by atoms with Crippen LogP contribution in [0, 0.1) is 0 Å². The number of nitrogens with zero attached hydrogens (tertiary/aromatic N) is 2. The van der Waals surface area contributed by atoms with Crippen LogP contribution in [0.15, 0.2) is 18.2 Å². The van der Waals surface area contributed by atoms with Gasteiger partial charge in [-0.1, -0.05) is 22.0 Å². The summed E-state index contributed by atoms with van der Waals surface area (Å²) in [5.41, 5.74) is 6.11. The molecule has 1 unspecified atom stereocenters. The summed E-state index contributed by atoms with van der Waals surface area (Å²) in [6, 6.07) is 3.34. The molecule has 3 rings (SSSR count). The number of nitrogen functional groups attached to an aromatic ring is 1. The first-order chi connectivity index (χ1) is 12.4. The van der Waals surface area contributed by atoms with Crippen LogP contribution in [0.4, 0.5) is 5.69 Å². The highest BCUT2D eigenvalue weighted by Gasteiger charge is 2.47. The lowest BCUT2D eigenvalue weighted by atomic mass is 10.0. The normalized spacial score (nSPS) is 19.8. The Labute approximate surface area is 156 Å². The summed E-state index contributed by atoms with van der Waals surface area (Å²) >= 11 is 2.90. The molecule has 1 aromatic rings. The molecule has 0 spiro atoms. The molecule has 1 fully saturated rings. The lowest BCUT2D eigenvalue weighted by Gasteiger charge is -2.33. The van der Waals surface area contributed by atoms with Crippen molar-refractivity contribution < 1.29 is 28.7 Å². The topological polar surface area (TPSA) is 127 Å². The van der Waals surface area contributed by atoms with Gasteiger partial charge in [0.15, 0.2) is 6.73 Å². The molecule has 1 atom stereocenters. The summed E-state index contributed by atoms with van der Waals surface area (Å²) in [5, 5.41) is -0.0929. The zero-order valence-corrected chi connectivity index (χ0v) is 15.0. The Hall–Kier alpha value is -2.75. The Balaban J connectivity index is 1.86. The average Bonchev–Trinajstić information content (AvgIpc) is 2.87. The third-order valence-electron chi connectivity index (χ3n) is 4.24. The molecule has 9 nitrogen and oxygen atoms in total. The maximum atomic E-state index is 12.7. The number of esters is 1. The van der Waals surface area contributed by atoms with Gasteiger partial charge in [0.25, 0.3) is 17.7 Å². The molecule has 2 aliphatic heterocycles. The fraction of sp³-hybridized carbons (Fsp3) is 0.312. The molecule has 0 bridgehead atoms. The number of alkyl halides is 1. The zero-order valence-electron chi connectivity index (χ0n) is 13.4. The molecule has 2 heterocycles. The van der Waals surface area contributed by atoms with E-state index in [1.165, 1.54) is 12.1 Å². The number of halogens is 1. The molecule has 2 aliphatic rings. The highest BCUT2D eigenvalue weighted by molar-refractivity contribution is 9.09. The number of rotatable bonds is 4. The number of anilines is 1. The smallest absolute Gasteiger partial charge is 0.318 e. The largest absolute Gasteiger partial charge is 0.443 e. The SMILES string of the molecule is Nc1cccc2c1C(=O)N(C1CCC(=O)N(COC(=O)CBr)C1=O)C2=O. The summed E-state index contributed by atoms with van der Waals surface area (Å²) in [4.78, 5) is 62.7. The highest BCUT2D eigenvalue weighted by Crippen LogP contribution is 2.31. The van der Waals surface area contributed by atoms with Crippen molar-refractivity contribution in [2.45, 2.75) is 18.9 Å². The molecule has 0 aliphatic carbocycles. The Morgan fingerprint density at radius 2 is 1.96 bits per heavy atom. The molecule has 10 heteroatoms. The molecule has 1 aromatic carbocycles. The van der Waals surface area contributed by atoms with Crippen LogP contribution in [0.2, 0.25) is 0 Å². The number of nitrogens with two attached hydrogens (primary N) is 1. The van der Waals surface area contributed by atoms with E-state index in [2.05, 4.69) is 15.9 Å². The van der Waals surface area contributed by atoms with Gasteiger partial charge >= 0.3 is 5.97 Å². The number of hydrogen-bond donors (Lipinski definition) is 1. The number of benzene rings is 1. The second-order valence-electron chi connectivity index (χ2n) is 5.74. The highest BCUT2D eigenvalue weighted by atomic mass is 79.9. The van der Waals surface area contributed by atoms with E-state index in [4.69, 9.17) is 10.5 Å². The third-order valence-corrected chi connectivity index (χ3v) is 4.70. The summed E-state index contributed by atoms with van der Waals surface area (Å²) in [6.45, 7) is -0.566. The molecular weight excluding hydrogens is 410 g/mol. The van der Waals surface area contributed by atoms with Crippen LogP contribution < -0.4 is 5.73 Å². The summed E-state index contributed by atoms with van der Waals surface area (Å²) in [6.07, 6.45) is -0.0584. The van der Waals surface area contributed by atoms with Gasteiger partial charge in [0, 0.05) is 12.1 Å². The second kappa shape index (κ2) is 6.87. The summed E-state index contributed by atoms with van der Waals surface area (Å²) in [5.74, 6) is -3.27. The summed E-state index contributed by atoms with van der Waals surface area (Å²) < 4.78 is 4.81. The van der Waals surface area contributed by atoms with Crippen LogP contribution in [-0.4, -0.2) is 57.5 Å². The van der Waals surface area contributed by atoms with Crippen LogP contribution in [-0.2, 0) is 19.1 Å². The van der Waals surface area contributed by atoms with Gasteiger partial charge in [-0.3, -0.25) is 28.9 Å². The fourth-order valence-electron chi connectivity index (χ4n) is 2.98. The maximum absolute atomic E-state index is 12.7.